The summed E-state index contributed by atoms with van der Waals surface area (Å²) in [5.41, 5.74) is 1.74. The van der Waals surface area contributed by atoms with E-state index in [-0.39, 0.29) is 17.3 Å². The molecule has 1 heterocycles. The number of amides is 1. The van der Waals surface area contributed by atoms with E-state index in [4.69, 9.17) is 0 Å². The summed E-state index contributed by atoms with van der Waals surface area (Å²) in [6, 6.07) is 13.9. The van der Waals surface area contributed by atoms with Crippen LogP contribution in [0.5, 0.6) is 0 Å². The number of benzene rings is 2. The van der Waals surface area contributed by atoms with E-state index in [0.29, 0.717) is 16.9 Å². The number of nitrogens with zero attached hydrogens (tertiary/aromatic N) is 2. The molecule has 7 nitrogen and oxygen atoms in total. The maximum absolute atomic E-state index is 13.7. The molecule has 0 fully saturated rings. The van der Waals surface area contributed by atoms with Gasteiger partial charge in [0.25, 0.3) is 5.91 Å². The molecule has 0 atom stereocenters. The van der Waals surface area contributed by atoms with Crippen LogP contribution in [0, 0.1) is 12.7 Å². The van der Waals surface area contributed by atoms with Crippen molar-refractivity contribution < 1.29 is 18.7 Å². The summed E-state index contributed by atoms with van der Waals surface area (Å²) in [5, 5.41) is 5.46. The fraction of sp³-hybridized carbons (Fsp3) is 0.100. The minimum Gasteiger partial charge on any atom is -0.465 e. The van der Waals surface area contributed by atoms with Crippen molar-refractivity contribution in [2.24, 2.45) is 0 Å². The molecule has 0 unspecified atom stereocenters. The van der Waals surface area contributed by atoms with E-state index >= 15 is 0 Å². The van der Waals surface area contributed by atoms with E-state index in [0.717, 1.165) is 0 Å². The van der Waals surface area contributed by atoms with Crippen molar-refractivity contribution in [2.45, 2.75) is 6.92 Å². The average Bonchev–Trinajstić information content (AvgIpc) is 2.69. The number of aryl methyl sites for hydroxylation is 1. The van der Waals surface area contributed by atoms with E-state index in [1.807, 2.05) is 0 Å². The van der Waals surface area contributed by atoms with Crippen LogP contribution in [0.15, 0.2) is 54.6 Å². The lowest BCUT2D eigenvalue weighted by molar-refractivity contribution is 0.0600. The monoisotopic (exact) mass is 380 g/mol. The van der Waals surface area contributed by atoms with Crippen molar-refractivity contribution in [3.63, 3.8) is 0 Å². The van der Waals surface area contributed by atoms with Gasteiger partial charge in [-0.1, -0.05) is 12.1 Å². The molecule has 2 N–H and O–H groups in total. The number of ether oxygens (including phenoxy) is 1. The first-order chi connectivity index (χ1) is 13.5. The Labute approximate surface area is 160 Å². The lowest BCUT2D eigenvalue weighted by atomic mass is 10.2. The molecular formula is C20H17FN4O3. The van der Waals surface area contributed by atoms with Crippen LogP contribution in [-0.4, -0.2) is 29.0 Å². The Morgan fingerprint density at radius 3 is 2.43 bits per heavy atom. The maximum Gasteiger partial charge on any atom is 0.337 e. The zero-order valence-electron chi connectivity index (χ0n) is 15.2. The molecule has 142 valence electrons. The molecule has 0 bridgehead atoms. The molecule has 0 spiro atoms. The van der Waals surface area contributed by atoms with Crippen molar-refractivity contribution >= 4 is 29.2 Å². The van der Waals surface area contributed by atoms with Crippen molar-refractivity contribution in [3.8, 4) is 0 Å². The first kappa shape index (κ1) is 19.0. The maximum atomic E-state index is 13.7. The molecule has 2 aromatic carbocycles. The predicted molar refractivity (Wildman–Crippen MR) is 102 cm³/mol. The van der Waals surface area contributed by atoms with Crippen LogP contribution >= 0.6 is 0 Å². The van der Waals surface area contributed by atoms with E-state index in [9.17, 15) is 14.0 Å². The number of carbonyl (C=O) groups excluding carboxylic acids is 2. The fourth-order valence-electron chi connectivity index (χ4n) is 2.43. The highest BCUT2D eigenvalue weighted by atomic mass is 19.1. The van der Waals surface area contributed by atoms with Gasteiger partial charge < -0.3 is 15.4 Å². The van der Waals surface area contributed by atoms with Crippen molar-refractivity contribution in [1.82, 2.24) is 9.97 Å². The Hall–Kier alpha value is -3.81. The van der Waals surface area contributed by atoms with Crippen LogP contribution in [0.2, 0.25) is 0 Å². The van der Waals surface area contributed by atoms with Crippen molar-refractivity contribution in [3.05, 3.63) is 77.4 Å². The summed E-state index contributed by atoms with van der Waals surface area (Å²) in [4.78, 5) is 32.3. The number of esters is 1. The van der Waals surface area contributed by atoms with Gasteiger partial charge in [-0.05, 0) is 49.4 Å². The SMILES string of the molecule is COC(=O)c1ccc(Nc2nc(C)cc(C(=O)Nc3ccccc3F)n2)cc1. The van der Waals surface area contributed by atoms with Crippen LogP contribution in [0.4, 0.5) is 21.7 Å². The molecule has 28 heavy (non-hydrogen) atoms. The number of para-hydroxylation sites is 1. The van der Waals surface area contributed by atoms with Gasteiger partial charge in [-0.3, -0.25) is 4.79 Å². The molecule has 1 amide bonds. The number of rotatable bonds is 5. The van der Waals surface area contributed by atoms with E-state index in [1.165, 1.54) is 31.4 Å². The smallest absolute Gasteiger partial charge is 0.337 e. The molecule has 1 aromatic heterocycles. The minimum absolute atomic E-state index is 0.0664. The second kappa shape index (κ2) is 8.26. The van der Waals surface area contributed by atoms with Gasteiger partial charge in [0.1, 0.15) is 11.5 Å². The highest BCUT2D eigenvalue weighted by Crippen LogP contribution is 2.17. The molecular weight excluding hydrogens is 363 g/mol. The average molecular weight is 380 g/mol. The quantitative estimate of drug-likeness (QED) is 0.656. The second-order valence-electron chi connectivity index (χ2n) is 5.85. The highest BCUT2D eigenvalue weighted by Gasteiger charge is 2.13. The topological polar surface area (TPSA) is 93.2 Å². The molecule has 0 radical (unpaired) electrons. The molecule has 8 heteroatoms. The molecule has 0 aliphatic carbocycles. The normalized spacial score (nSPS) is 10.2. The van der Waals surface area contributed by atoms with Gasteiger partial charge in [-0.15, -0.1) is 0 Å². The number of nitrogens with one attached hydrogen (secondary N) is 2. The van der Waals surface area contributed by atoms with Gasteiger partial charge >= 0.3 is 5.97 Å². The summed E-state index contributed by atoms with van der Waals surface area (Å²) < 4.78 is 18.4. The Morgan fingerprint density at radius 1 is 1.04 bits per heavy atom. The molecule has 0 saturated carbocycles. The lowest BCUT2D eigenvalue weighted by Gasteiger charge is -2.09. The summed E-state index contributed by atoms with van der Waals surface area (Å²) >= 11 is 0. The van der Waals surface area contributed by atoms with Gasteiger partial charge in [0, 0.05) is 11.4 Å². The Morgan fingerprint density at radius 2 is 1.75 bits per heavy atom. The third-order valence-electron chi connectivity index (χ3n) is 3.77. The van der Waals surface area contributed by atoms with Crippen LogP contribution in [-0.2, 0) is 4.74 Å². The number of halogens is 1. The first-order valence-corrected chi connectivity index (χ1v) is 8.33. The first-order valence-electron chi connectivity index (χ1n) is 8.33. The number of hydrogen-bond acceptors (Lipinski definition) is 6. The van der Waals surface area contributed by atoms with Crippen LogP contribution in [0.25, 0.3) is 0 Å². The lowest BCUT2D eigenvalue weighted by Crippen LogP contribution is -2.16. The summed E-state index contributed by atoms with van der Waals surface area (Å²) in [7, 11) is 1.31. The van der Waals surface area contributed by atoms with Crippen LogP contribution in [0.1, 0.15) is 26.5 Å². The van der Waals surface area contributed by atoms with Crippen molar-refractivity contribution in [1.29, 1.82) is 0 Å². The number of methoxy groups -OCH3 is 1. The Balaban J connectivity index is 1.78. The van der Waals surface area contributed by atoms with E-state index in [2.05, 4.69) is 25.3 Å². The van der Waals surface area contributed by atoms with Crippen LogP contribution in [0.3, 0.4) is 0 Å². The third-order valence-corrected chi connectivity index (χ3v) is 3.77. The predicted octanol–water partition coefficient (Wildman–Crippen LogP) is 3.71. The fourth-order valence-corrected chi connectivity index (χ4v) is 2.43. The third kappa shape index (κ3) is 4.47. The summed E-state index contributed by atoms with van der Waals surface area (Å²) in [6.45, 7) is 1.72. The largest absolute Gasteiger partial charge is 0.465 e. The summed E-state index contributed by atoms with van der Waals surface area (Å²) in [5.74, 6) is -1.33. The van der Waals surface area contributed by atoms with Gasteiger partial charge in [0.2, 0.25) is 5.95 Å². The van der Waals surface area contributed by atoms with Gasteiger partial charge in [0.15, 0.2) is 0 Å². The zero-order valence-corrected chi connectivity index (χ0v) is 15.2. The van der Waals surface area contributed by atoms with Crippen molar-refractivity contribution in [2.75, 3.05) is 17.7 Å². The van der Waals surface area contributed by atoms with Gasteiger partial charge in [-0.25, -0.2) is 19.2 Å². The second-order valence-corrected chi connectivity index (χ2v) is 5.85. The van der Waals surface area contributed by atoms with E-state index < -0.39 is 17.7 Å². The van der Waals surface area contributed by atoms with Gasteiger partial charge in [-0.2, -0.15) is 0 Å². The Kier molecular flexibility index (Phi) is 5.59. The Bertz CT molecular complexity index is 1020. The molecule has 0 aliphatic rings. The zero-order chi connectivity index (χ0) is 20.1. The summed E-state index contributed by atoms with van der Waals surface area (Å²) in [6.07, 6.45) is 0. The molecule has 0 saturated heterocycles. The van der Waals surface area contributed by atoms with E-state index in [1.54, 1.807) is 37.3 Å². The highest BCUT2D eigenvalue weighted by molar-refractivity contribution is 6.03. The number of carbonyl (C=O) groups is 2. The number of aromatic nitrogens is 2. The molecule has 0 aliphatic heterocycles. The van der Waals surface area contributed by atoms with Crippen LogP contribution < -0.4 is 10.6 Å². The number of hydrogen-bond donors (Lipinski definition) is 2. The molecule has 3 aromatic rings. The molecule has 3 rings (SSSR count). The number of anilines is 3. The minimum atomic E-state index is -0.556. The standard InChI is InChI=1S/C20H17FN4O3/c1-12-11-17(18(26)24-16-6-4-3-5-15(16)21)25-20(22-12)23-14-9-7-13(8-10-14)19(27)28-2/h3-11H,1-2H3,(H,24,26)(H,22,23,25). The van der Waals surface area contributed by atoms with Gasteiger partial charge in [0.05, 0.1) is 18.4 Å².